The average molecular weight is 301 g/mol. The number of likely N-dealkylation sites (N-methyl/N-ethyl adjacent to an activating group) is 1. The summed E-state index contributed by atoms with van der Waals surface area (Å²) in [5, 5.41) is 2.05. The van der Waals surface area contributed by atoms with Crippen molar-refractivity contribution in [2.75, 3.05) is 14.2 Å². The molecule has 1 saturated heterocycles. The van der Waals surface area contributed by atoms with Gasteiger partial charge in [0.1, 0.15) is 6.10 Å². The number of likely N-dealkylation sites (tertiary alicyclic amines) is 1. The number of benzene rings is 1. The predicted molar refractivity (Wildman–Crippen MR) is 84.4 cm³/mol. The number of ether oxygens (including phenoxy) is 1. The molecule has 3 unspecified atom stereocenters. The van der Waals surface area contributed by atoms with Gasteiger partial charge in [-0.2, -0.15) is 0 Å². The van der Waals surface area contributed by atoms with Crippen LogP contribution in [0.2, 0.25) is 0 Å². The summed E-state index contributed by atoms with van der Waals surface area (Å²) in [4.78, 5) is 15.3. The first-order valence-electron chi connectivity index (χ1n) is 7.09. The zero-order chi connectivity index (χ0) is 14.8. The third-order valence-electron chi connectivity index (χ3n) is 4.26. The monoisotopic (exact) mass is 301 g/mol. The van der Waals surface area contributed by atoms with Crippen LogP contribution < -0.4 is 0 Å². The van der Waals surface area contributed by atoms with E-state index in [1.807, 2.05) is 36.2 Å². The van der Waals surface area contributed by atoms with Gasteiger partial charge >= 0.3 is 0 Å². The molecule has 1 aliphatic heterocycles. The van der Waals surface area contributed by atoms with E-state index >= 15 is 0 Å². The van der Waals surface area contributed by atoms with Crippen LogP contribution in [0.1, 0.15) is 28.9 Å². The predicted octanol–water partition coefficient (Wildman–Crippen LogP) is 3.45. The minimum absolute atomic E-state index is 0.0450. The Labute approximate surface area is 129 Å². The Balaban J connectivity index is 1.98. The molecule has 1 amide bonds. The van der Waals surface area contributed by atoms with Crippen LogP contribution in [0.4, 0.5) is 0 Å². The smallest absolute Gasteiger partial charge is 0.223 e. The highest BCUT2D eigenvalue weighted by molar-refractivity contribution is 7.10. The molecule has 1 fully saturated rings. The molecule has 0 radical (unpaired) electrons. The summed E-state index contributed by atoms with van der Waals surface area (Å²) in [5.41, 5.74) is 1.21. The molecule has 1 aromatic carbocycles. The SMILES string of the molecule is COC(c1cccs1)C1C(c2ccccc2)CC(=O)N1C. The van der Waals surface area contributed by atoms with Gasteiger partial charge in [-0.05, 0) is 17.0 Å². The van der Waals surface area contributed by atoms with Gasteiger partial charge in [0, 0.05) is 31.4 Å². The Kier molecular flexibility index (Phi) is 4.08. The number of hydrogen-bond acceptors (Lipinski definition) is 3. The summed E-state index contributed by atoms with van der Waals surface area (Å²) in [6, 6.07) is 14.4. The zero-order valence-electron chi connectivity index (χ0n) is 12.2. The van der Waals surface area contributed by atoms with Crippen molar-refractivity contribution < 1.29 is 9.53 Å². The van der Waals surface area contributed by atoms with Gasteiger partial charge in [-0.1, -0.05) is 36.4 Å². The van der Waals surface area contributed by atoms with Crippen molar-refractivity contribution in [1.29, 1.82) is 0 Å². The molecule has 0 saturated carbocycles. The first kappa shape index (κ1) is 14.3. The van der Waals surface area contributed by atoms with Crippen LogP contribution >= 0.6 is 11.3 Å². The van der Waals surface area contributed by atoms with Gasteiger partial charge < -0.3 is 9.64 Å². The van der Waals surface area contributed by atoms with E-state index in [2.05, 4.69) is 23.6 Å². The molecular formula is C17H19NO2S. The molecule has 21 heavy (non-hydrogen) atoms. The Bertz CT molecular complexity index is 597. The lowest BCUT2D eigenvalue weighted by molar-refractivity contribution is -0.129. The van der Waals surface area contributed by atoms with Crippen molar-refractivity contribution in [2.24, 2.45) is 0 Å². The fraction of sp³-hybridized carbons (Fsp3) is 0.353. The second kappa shape index (κ2) is 6.00. The number of nitrogens with zero attached hydrogens (tertiary/aromatic N) is 1. The molecule has 0 aliphatic carbocycles. The maximum atomic E-state index is 12.2. The average Bonchev–Trinajstić information content (AvgIpc) is 3.13. The molecule has 0 bridgehead atoms. The number of carbonyl (C=O) groups excluding carboxylic acids is 1. The number of methoxy groups -OCH3 is 1. The van der Waals surface area contributed by atoms with E-state index in [1.165, 1.54) is 10.4 Å². The number of thiophene rings is 1. The van der Waals surface area contributed by atoms with Gasteiger partial charge in [-0.15, -0.1) is 11.3 Å². The van der Waals surface area contributed by atoms with Crippen molar-refractivity contribution in [3.05, 3.63) is 58.3 Å². The van der Waals surface area contributed by atoms with Crippen LogP contribution in [0, 0.1) is 0 Å². The quantitative estimate of drug-likeness (QED) is 0.865. The molecule has 110 valence electrons. The Morgan fingerprint density at radius 2 is 2.00 bits per heavy atom. The molecule has 2 aromatic rings. The van der Waals surface area contributed by atoms with Crippen molar-refractivity contribution >= 4 is 17.2 Å². The summed E-state index contributed by atoms with van der Waals surface area (Å²) >= 11 is 1.68. The molecule has 3 nitrogen and oxygen atoms in total. The van der Waals surface area contributed by atoms with Crippen LogP contribution in [0.25, 0.3) is 0 Å². The summed E-state index contributed by atoms with van der Waals surface area (Å²) in [6.45, 7) is 0. The number of amides is 1. The highest BCUT2D eigenvalue weighted by Crippen LogP contribution is 2.42. The van der Waals surface area contributed by atoms with E-state index < -0.39 is 0 Å². The molecule has 3 rings (SSSR count). The van der Waals surface area contributed by atoms with Crippen molar-refractivity contribution in [1.82, 2.24) is 4.90 Å². The van der Waals surface area contributed by atoms with E-state index in [1.54, 1.807) is 18.4 Å². The van der Waals surface area contributed by atoms with Crippen molar-refractivity contribution in [3.8, 4) is 0 Å². The molecule has 4 heteroatoms. The number of rotatable bonds is 4. The minimum atomic E-state index is -0.0772. The van der Waals surface area contributed by atoms with Gasteiger partial charge in [-0.3, -0.25) is 4.79 Å². The summed E-state index contributed by atoms with van der Waals surface area (Å²) in [5.74, 6) is 0.364. The van der Waals surface area contributed by atoms with E-state index in [0.717, 1.165) is 0 Å². The largest absolute Gasteiger partial charge is 0.374 e. The van der Waals surface area contributed by atoms with Crippen LogP contribution in [0.3, 0.4) is 0 Å². The van der Waals surface area contributed by atoms with Crippen molar-refractivity contribution in [2.45, 2.75) is 24.5 Å². The minimum Gasteiger partial charge on any atom is -0.374 e. The van der Waals surface area contributed by atoms with E-state index in [-0.39, 0.29) is 24.0 Å². The highest BCUT2D eigenvalue weighted by Gasteiger charge is 2.43. The second-order valence-electron chi connectivity index (χ2n) is 5.39. The van der Waals surface area contributed by atoms with E-state index in [9.17, 15) is 4.79 Å². The maximum Gasteiger partial charge on any atom is 0.223 e. The number of hydrogen-bond donors (Lipinski definition) is 0. The Morgan fingerprint density at radius 3 is 2.62 bits per heavy atom. The summed E-state index contributed by atoms with van der Waals surface area (Å²) < 4.78 is 5.77. The van der Waals surface area contributed by atoms with Gasteiger partial charge in [-0.25, -0.2) is 0 Å². The maximum absolute atomic E-state index is 12.2. The molecule has 0 N–H and O–H groups in total. The van der Waals surface area contributed by atoms with Gasteiger partial charge in [0.05, 0.1) is 6.04 Å². The molecule has 1 aliphatic rings. The lowest BCUT2D eigenvalue weighted by atomic mass is 9.88. The molecule has 0 spiro atoms. The van der Waals surface area contributed by atoms with Crippen LogP contribution in [-0.4, -0.2) is 31.0 Å². The Hall–Kier alpha value is -1.65. The first-order valence-corrected chi connectivity index (χ1v) is 7.97. The normalized spacial score (nSPS) is 23.5. The third-order valence-corrected chi connectivity index (χ3v) is 5.20. The van der Waals surface area contributed by atoms with Crippen LogP contribution in [0.5, 0.6) is 0 Å². The van der Waals surface area contributed by atoms with E-state index in [4.69, 9.17) is 4.74 Å². The molecular weight excluding hydrogens is 282 g/mol. The van der Waals surface area contributed by atoms with E-state index in [0.29, 0.717) is 6.42 Å². The van der Waals surface area contributed by atoms with Gasteiger partial charge in [0.2, 0.25) is 5.91 Å². The molecule has 2 heterocycles. The van der Waals surface area contributed by atoms with Gasteiger partial charge in [0.15, 0.2) is 0 Å². The topological polar surface area (TPSA) is 29.5 Å². The number of carbonyl (C=O) groups is 1. The lowest BCUT2D eigenvalue weighted by Crippen LogP contribution is -2.37. The second-order valence-corrected chi connectivity index (χ2v) is 6.37. The highest BCUT2D eigenvalue weighted by atomic mass is 32.1. The summed E-state index contributed by atoms with van der Waals surface area (Å²) in [6.07, 6.45) is 0.475. The third kappa shape index (κ3) is 2.61. The molecule has 3 atom stereocenters. The standard InChI is InChI=1S/C17H19NO2S/c1-18-15(19)11-13(12-7-4-3-5-8-12)16(18)17(20-2)14-9-6-10-21-14/h3-10,13,16-17H,11H2,1-2H3. The van der Waals surface area contributed by atoms with Crippen LogP contribution in [-0.2, 0) is 9.53 Å². The zero-order valence-corrected chi connectivity index (χ0v) is 13.0. The summed E-state index contributed by atoms with van der Waals surface area (Å²) in [7, 11) is 3.61. The van der Waals surface area contributed by atoms with Gasteiger partial charge in [0.25, 0.3) is 0 Å². The first-order chi connectivity index (χ1) is 10.2. The fourth-order valence-electron chi connectivity index (χ4n) is 3.20. The van der Waals surface area contributed by atoms with Crippen LogP contribution in [0.15, 0.2) is 47.8 Å². The fourth-order valence-corrected chi connectivity index (χ4v) is 4.04. The lowest BCUT2D eigenvalue weighted by Gasteiger charge is -2.31. The van der Waals surface area contributed by atoms with Crippen molar-refractivity contribution in [3.63, 3.8) is 0 Å². The Morgan fingerprint density at radius 1 is 1.24 bits per heavy atom. The molecule has 1 aromatic heterocycles.